The molecule has 0 spiro atoms. The molecular formula is C24H24N4OS. The minimum atomic E-state index is -0.0724. The maximum absolute atomic E-state index is 12.9. The number of imidazole rings is 1. The summed E-state index contributed by atoms with van der Waals surface area (Å²) in [5, 5.41) is 3.88. The van der Waals surface area contributed by atoms with Crippen LogP contribution >= 0.6 is 11.8 Å². The summed E-state index contributed by atoms with van der Waals surface area (Å²) in [4.78, 5) is 21.9. The first-order valence-corrected chi connectivity index (χ1v) is 11.0. The highest BCUT2D eigenvalue weighted by molar-refractivity contribution is 7.98. The second-order valence-electron chi connectivity index (χ2n) is 7.12. The zero-order valence-electron chi connectivity index (χ0n) is 17.1. The summed E-state index contributed by atoms with van der Waals surface area (Å²) in [5.74, 6) is 0.723. The lowest BCUT2D eigenvalue weighted by molar-refractivity contribution is -0.116. The van der Waals surface area contributed by atoms with E-state index in [1.807, 2.05) is 41.0 Å². The van der Waals surface area contributed by atoms with Gasteiger partial charge in [0.2, 0.25) is 5.91 Å². The van der Waals surface area contributed by atoms with E-state index in [-0.39, 0.29) is 12.5 Å². The van der Waals surface area contributed by atoms with Crippen molar-refractivity contribution in [1.29, 1.82) is 0 Å². The molecule has 2 heterocycles. The fraction of sp³-hybridized carbons (Fsp3) is 0.208. The molecule has 0 radical (unpaired) electrons. The quantitative estimate of drug-likeness (QED) is 0.419. The first kappa shape index (κ1) is 20.2. The van der Waals surface area contributed by atoms with Gasteiger partial charge in [-0.15, -0.1) is 0 Å². The number of para-hydroxylation sites is 1. The smallest absolute Gasteiger partial charge is 0.244 e. The van der Waals surface area contributed by atoms with Gasteiger partial charge in [0.05, 0.1) is 17.2 Å². The van der Waals surface area contributed by atoms with Crippen LogP contribution in [0, 0.1) is 6.92 Å². The molecule has 0 saturated heterocycles. The Labute approximate surface area is 180 Å². The molecule has 0 atom stereocenters. The number of nitrogens with one attached hydrogen (secondary N) is 1. The summed E-state index contributed by atoms with van der Waals surface area (Å²) in [6.07, 6.45) is 4.37. The second kappa shape index (κ2) is 9.13. The molecule has 152 valence electrons. The number of hydrogen-bond donors (Lipinski definition) is 1. The van der Waals surface area contributed by atoms with E-state index in [2.05, 4.69) is 42.3 Å². The number of aryl methyl sites for hydroxylation is 2. The zero-order valence-corrected chi connectivity index (χ0v) is 17.9. The molecule has 0 bridgehead atoms. The summed E-state index contributed by atoms with van der Waals surface area (Å²) in [7, 11) is 0. The molecule has 4 aromatic rings. The van der Waals surface area contributed by atoms with E-state index in [1.54, 1.807) is 24.2 Å². The van der Waals surface area contributed by atoms with Gasteiger partial charge in [-0.05, 0) is 42.2 Å². The van der Waals surface area contributed by atoms with Gasteiger partial charge in [-0.3, -0.25) is 9.78 Å². The molecule has 4 rings (SSSR count). The van der Waals surface area contributed by atoms with Crippen molar-refractivity contribution in [2.75, 3.05) is 5.32 Å². The van der Waals surface area contributed by atoms with Crippen molar-refractivity contribution < 1.29 is 4.79 Å². The number of aromatic nitrogens is 3. The van der Waals surface area contributed by atoms with Crippen LogP contribution in [0.1, 0.15) is 23.6 Å². The molecular weight excluding hydrogens is 392 g/mol. The van der Waals surface area contributed by atoms with Crippen LogP contribution in [0.15, 0.2) is 72.1 Å². The van der Waals surface area contributed by atoms with Gasteiger partial charge >= 0.3 is 0 Å². The normalized spacial score (nSPS) is 11.0. The lowest BCUT2D eigenvalue weighted by atomic mass is 10.1. The van der Waals surface area contributed by atoms with Crippen molar-refractivity contribution in [2.24, 2.45) is 0 Å². The van der Waals surface area contributed by atoms with E-state index in [0.29, 0.717) is 0 Å². The van der Waals surface area contributed by atoms with Crippen molar-refractivity contribution in [3.05, 3.63) is 83.7 Å². The average Bonchev–Trinajstić information content (AvgIpc) is 3.11. The van der Waals surface area contributed by atoms with Crippen molar-refractivity contribution in [2.45, 2.75) is 37.7 Å². The van der Waals surface area contributed by atoms with Gasteiger partial charge in [0.25, 0.3) is 0 Å². The van der Waals surface area contributed by atoms with Crippen LogP contribution in [0.5, 0.6) is 0 Å². The van der Waals surface area contributed by atoms with E-state index in [4.69, 9.17) is 4.98 Å². The fourth-order valence-corrected chi connectivity index (χ4v) is 4.50. The highest BCUT2D eigenvalue weighted by atomic mass is 32.2. The predicted molar refractivity (Wildman–Crippen MR) is 123 cm³/mol. The Balaban J connectivity index is 1.58. The molecule has 0 aliphatic rings. The van der Waals surface area contributed by atoms with E-state index in [0.717, 1.165) is 39.6 Å². The first-order valence-electron chi connectivity index (χ1n) is 10.0. The van der Waals surface area contributed by atoms with Crippen LogP contribution in [0.2, 0.25) is 0 Å². The summed E-state index contributed by atoms with van der Waals surface area (Å²) < 4.78 is 1.95. The molecule has 0 aliphatic heterocycles. The van der Waals surface area contributed by atoms with Crippen molar-refractivity contribution in [3.8, 4) is 0 Å². The number of carbonyl (C=O) groups is 1. The minimum absolute atomic E-state index is 0.0724. The van der Waals surface area contributed by atoms with Crippen molar-refractivity contribution in [3.63, 3.8) is 0 Å². The number of benzene rings is 2. The Morgan fingerprint density at radius 3 is 2.63 bits per heavy atom. The van der Waals surface area contributed by atoms with E-state index >= 15 is 0 Å². The van der Waals surface area contributed by atoms with Gasteiger partial charge in [0.15, 0.2) is 5.16 Å². The minimum Gasteiger partial charge on any atom is -0.324 e. The number of amides is 1. The maximum atomic E-state index is 12.9. The van der Waals surface area contributed by atoms with Crippen LogP contribution < -0.4 is 5.32 Å². The molecule has 6 heteroatoms. The SMILES string of the molecule is CCc1ccccc1NC(=O)Cn1c(SCc2ccccc2C)nc2ccncc21. The number of thioether (sulfide) groups is 1. The summed E-state index contributed by atoms with van der Waals surface area (Å²) in [6.45, 7) is 4.39. The Morgan fingerprint density at radius 2 is 1.83 bits per heavy atom. The van der Waals surface area contributed by atoms with Crippen LogP contribution in [-0.4, -0.2) is 20.4 Å². The molecule has 5 nitrogen and oxygen atoms in total. The topological polar surface area (TPSA) is 59.8 Å². The van der Waals surface area contributed by atoms with E-state index < -0.39 is 0 Å². The van der Waals surface area contributed by atoms with Crippen LogP contribution in [0.4, 0.5) is 5.69 Å². The third-order valence-electron chi connectivity index (χ3n) is 5.11. The molecule has 1 amide bonds. The number of anilines is 1. The number of rotatable bonds is 7. The molecule has 2 aromatic carbocycles. The molecule has 0 saturated carbocycles. The van der Waals surface area contributed by atoms with Gasteiger partial charge in [-0.2, -0.15) is 0 Å². The molecule has 30 heavy (non-hydrogen) atoms. The molecule has 0 unspecified atom stereocenters. The van der Waals surface area contributed by atoms with Crippen molar-refractivity contribution >= 4 is 34.4 Å². The Morgan fingerprint density at radius 1 is 1.07 bits per heavy atom. The van der Waals surface area contributed by atoms with Gasteiger partial charge < -0.3 is 9.88 Å². The highest BCUT2D eigenvalue weighted by Gasteiger charge is 2.15. The second-order valence-corrected chi connectivity index (χ2v) is 8.06. The summed E-state index contributed by atoms with van der Waals surface area (Å²) in [5.41, 5.74) is 6.21. The van der Waals surface area contributed by atoms with Crippen LogP contribution in [-0.2, 0) is 23.5 Å². The maximum Gasteiger partial charge on any atom is 0.244 e. The number of pyridine rings is 1. The number of carbonyl (C=O) groups excluding carboxylic acids is 1. The first-order chi connectivity index (χ1) is 14.7. The Hall–Kier alpha value is -3.12. The van der Waals surface area contributed by atoms with Gasteiger partial charge in [0, 0.05) is 17.6 Å². The van der Waals surface area contributed by atoms with E-state index in [1.165, 1.54) is 11.1 Å². The molecule has 1 N–H and O–H groups in total. The lowest BCUT2D eigenvalue weighted by Gasteiger charge is -2.12. The molecule has 0 fully saturated rings. The Kier molecular flexibility index (Phi) is 6.14. The lowest BCUT2D eigenvalue weighted by Crippen LogP contribution is -2.20. The van der Waals surface area contributed by atoms with Gasteiger partial charge in [-0.25, -0.2) is 4.98 Å². The van der Waals surface area contributed by atoms with Crippen molar-refractivity contribution in [1.82, 2.24) is 14.5 Å². The zero-order chi connectivity index (χ0) is 20.9. The fourth-order valence-electron chi connectivity index (χ4n) is 3.41. The van der Waals surface area contributed by atoms with Gasteiger partial charge in [0.1, 0.15) is 6.54 Å². The standard InChI is InChI=1S/C24H24N4OS/c1-3-18-9-6-7-11-20(18)26-23(29)15-28-22-14-25-13-12-21(22)27-24(28)30-16-19-10-5-4-8-17(19)2/h4-14H,3,15-16H2,1-2H3,(H,26,29). The average molecular weight is 417 g/mol. The van der Waals surface area contributed by atoms with E-state index in [9.17, 15) is 4.79 Å². The molecule has 2 aromatic heterocycles. The summed E-state index contributed by atoms with van der Waals surface area (Å²) in [6, 6.07) is 18.1. The monoisotopic (exact) mass is 416 g/mol. The largest absolute Gasteiger partial charge is 0.324 e. The molecule has 0 aliphatic carbocycles. The highest BCUT2D eigenvalue weighted by Crippen LogP contribution is 2.27. The number of nitrogens with zero attached hydrogens (tertiary/aromatic N) is 3. The summed E-state index contributed by atoms with van der Waals surface area (Å²) >= 11 is 1.64. The third kappa shape index (κ3) is 4.39. The predicted octanol–water partition coefficient (Wildman–Crippen LogP) is 5.23. The van der Waals surface area contributed by atoms with Crippen LogP contribution in [0.3, 0.4) is 0 Å². The number of fused-ring (bicyclic) bond motifs is 1. The Bertz CT molecular complexity index is 1180. The third-order valence-corrected chi connectivity index (χ3v) is 6.13. The number of hydrogen-bond acceptors (Lipinski definition) is 4. The van der Waals surface area contributed by atoms with Gasteiger partial charge in [-0.1, -0.05) is 61.2 Å². The van der Waals surface area contributed by atoms with Crippen LogP contribution in [0.25, 0.3) is 11.0 Å².